The molecule has 0 aliphatic carbocycles. The average Bonchev–Trinajstić information content (AvgIpc) is 2.86. The van der Waals surface area contributed by atoms with E-state index in [-0.39, 0.29) is 18.5 Å². The summed E-state index contributed by atoms with van der Waals surface area (Å²) in [7, 11) is 4.32. The van der Waals surface area contributed by atoms with Crippen LogP contribution in [-0.4, -0.2) is 56.3 Å². The van der Waals surface area contributed by atoms with Gasteiger partial charge in [0.2, 0.25) is 5.91 Å². The zero-order valence-corrected chi connectivity index (χ0v) is 20.9. The fourth-order valence-corrected chi connectivity index (χ4v) is 4.00. The summed E-state index contributed by atoms with van der Waals surface area (Å²) < 4.78 is 15.3. The Balaban J connectivity index is 2.33. The normalized spacial score (nSPS) is 10.4. The van der Waals surface area contributed by atoms with Gasteiger partial charge in [0, 0.05) is 23.4 Å². The molecule has 0 aromatic heterocycles. The van der Waals surface area contributed by atoms with E-state index in [2.05, 4.69) is 11.3 Å². The van der Waals surface area contributed by atoms with Crippen LogP contribution in [0.4, 0.5) is 0 Å². The number of methoxy groups -OCH3 is 3. The smallest absolute Gasteiger partial charge is 0.333 e. The van der Waals surface area contributed by atoms with Gasteiger partial charge in [0.15, 0.2) is 11.5 Å². The Labute approximate surface area is 205 Å². The van der Waals surface area contributed by atoms with Gasteiger partial charge in [0.05, 0.1) is 27.8 Å². The molecule has 2 aromatic carbocycles. The third-order valence-electron chi connectivity index (χ3n) is 5.17. The molecule has 182 valence electrons. The molecule has 0 unspecified atom stereocenters. The van der Waals surface area contributed by atoms with Crippen molar-refractivity contribution in [2.24, 2.45) is 0 Å². The van der Waals surface area contributed by atoms with Gasteiger partial charge in [0.1, 0.15) is 0 Å². The van der Waals surface area contributed by atoms with Gasteiger partial charge in [-0.15, -0.1) is 0 Å². The predicted octanol–water partition coefficient (Wildman–Crippen LogP) is 4.29. The molecular weight excluding hydrogens is 454 g/mol. The summed E-state index contributed by atoms with van der Waals surface area (Å²) in [6, 6.07) is 12.7. The quantitative estimate of drug-likeness (QED) is 0.328. The number of benzene rings is 2. The summed E-state index contributed by atoms with van der Waals surface area (Å²) in [4.78, 5) is 39.7. The minimum Gasteiger partial charge on any atom is -0.493 e. The molecule has 0 aliphatic heterocycles. The topological polar surface area (TPSA) is 82.1 Å². The highest BCUT2D eigenvalue weighted by Gasteiger charge is 2.26. The summed E-state index contributed by atoms with van der Waals surface area (Å²) in [5.74, 6) is 1.11. The molecule has 0 saturated heterocycles. The number of rotatable bonds is 12. The number of ether oxygens (including phenoxy) is 3. The molecule has 2 rings (SSSR count). The Morgan fingerprint density at radius 1 is 1.00 bits per heavy atom. The van der Waals surface area contributed by atoms with Gasteiger partial charge >= 0.3 is 5.97 Å². The third kappa shape index (κ3) is 7.12. The van der Waals surface area contributed by atoms with Crippen LogP contribution in [0.2, 0.25) is 0 Å². The second-order valence-corrected chi connectivity index (χ2v) is 8.63. The Morgan fingerprint density at radius 2 is 1.71 bits per heavy atom. The first-order valence-electron chi connectivity index (χ1n) is 10.8. The standard InChI is InChI=1S/C26H31NO6S/c1-6-34-17-20-9-7-8-10-21(20)25(29)27(24(28)15-18(2)26(30)33-5)14-13-19-11-12-22(31-3)23(16-19)32-4/h7-12,16H,2,6,13-15,17H2,1,3-5H3. The lowest BCUT2D eigenvalue weighted by molar-refractivity contribution is -0.138. The average molecular weight is 486 g/mol. The molecule has 8 heteroatoms. The van der Waals surface area contributed by atoms with Crippen LogP contribution in [0.1, 0.15) is 34.8 Å². The molecule has 0 heterocycles. The molecule has 0 atom stereocenters. The molecule has 0 fully saturated rings. The number of esters is 1. The number of carbonyl (C=O) groups is 3. The fraction of sp³-hybridized carbons (Fsp3) is 0.346. The summed E-state index contributed by atoms with van der Waals surface area (Å²) in [5.41, 5.74) is 2.18. The Morgan fingerprint density at radius 3 is 2.35 bits per heavy atom. The second-order valence-electron chi connectivity index (χ2n) is 7.36. The maximum absolute atomic E-state index is 13.5. The van der Waals surface area contributed by atoms with Crippen LogP contribution in [0.25, 0.3) is 0 Å². The second kappa shape index (κ2) is 13.4. The lowest BCUT2D eigenvalue weighted by atomic mass is 10.1. The van der Waals surface area contributed by atoms with Gasteiger partial charge in [-0.1, -0.05) is 37.8 Å². The lowest BCUT2D eigenvalue weighted by Crippen LogP contribution is -2.39. The summed E-state index contributed by atoms with van der Waals surface area (Å²) in [6.07, 6.45) is 0.0879. The van der Waals surface area contributed by atoms with Crippen molar-refractivity contribution in [3.8, 4) is 11.5 Å². The predicted molar refractivity (Wildman–Crippen MR) is 133 cm³/mol. The Kier molecular flexibility index (Phi) is 10.7. The third-order valence-corrected chi connectivity index (χ3v) is 6.09. The van der Waals surface area contributed by atoms with E-state index in [1.54, 1.807) is 44.2 Å². The Hall–Kier alpha value is -3.26. The van der Waals surface area contributed by atoms with Crippen LogP contribution in [-0.2, 0) is 26.5 Å². The van der Waals surface area contributed by atoms with Gasteiger partial charge in [-0.3, -0.25) is 14.5 Å². The van der Waals surface area contributed by atoms with Crippen molar-refractivity contribution in [1.82, 2.24) is 4.90 Å². The van der Waals surface area contributed by atoms with Crippen LogP contribution in [0.5, 0.6) is 11.5 Å². The molecule has 0 radical (unpaired) electrons. The van der Waals surface area contributed by atoms with E-state index in [9.17, 15) is 14.4 Å². The maximum Gasteiger partial charge on any atom is 0.333 e. The molecule has 0 aliphatic rings. The van der Waals surface area contributed by atoms with Gasteiger partial charge in [0.25, 0.3) is 5.91 Å². The van der Waals surface area contributed by atoms with Crippen molar-refractivity contribution in [1.29, 1.82) is 0 Å². The fourth-order valence-electron chi connectivity index (χ4n) is 3.32. The monoisotopic (exact) mass is 485 g/mol. The number of hydrogen-bond donors (Lipinski definition) is 0. The van der Waals surface area contributed by atoms with E-state index >= 15 is 0 Å². The summed E-state index contributed by atoms with van der Waals surface area (Å²) >= 11 is 1.69. The van der Waals surface area contributed by atoms with Crippen molar-refractivity contribution in [2.45, 2.75) is 25.5 Å². The van der Waals surface area contributed by atoms with Gasteiger partial charge in [-0.05, 0) is 41.5 Å². The largest absolute Gasteiger partial charge is 0.493 e. The highest BCUT2D eigenvalue weighted by molar-refractivity contribution is 7.98. The van der Waals surface area contributed by atoms with Gasteiger partial charge in [-0.25, -0.2) is 4.79 Å². The minimum absolute atomic E-state index is 0.00811. The first-order chi connectivity index (χ1) is 16.4. The van der Waals surface area contributed by atoms with E-state index < -0.39 is 17.8 Å². The van der Waals surface area contributed by atoms with E-state index in [1.165, 1.54) is 12.0 Å². The first kappa shape index (κ1) is 27.0. The van der Waals surface area contributed by atoms with Crippen LogP contribution in [0.15, 0.2) is 54.6 Å². The zero-order valence-electron chi connectivity index (χ0n) is 20.1. The molecule has 0 spiro atoms. The highest BCUT2D eigenvalue weighted by atomic mass is 32.2. The number of amides is 2. The van der Waals surface area contributed by atoms with Gasteiger partial charge in [-0.2, -0.15) is 11.8 Å². The molecule has 2 amide bonds. The van der Waals surface area contributed by atoms with Gasteiger partial charge < -0.3 is 14.2 Å². The van der Waals surface area contributed by atoms with Crippen molar-refractivity contribution in [2.75, 3.05) is 33.6 Å². The number of imide groups is 1. The SMILES string of the molecule is C=C(CC(=O)N(CCc1ccc(OC)c(OC)c1)C(=O)c1ccccc1CSCC)C(=O)OC. The van der Waals surface area contributed by atoms with Crippen LogP contribution in [0, 0.1) is 0 Å². The van der Waals surface area contributed by atoms with E-state index in [1.807, 2.05) is 31.2 Å². The van der Waals surface area contributed by atoms with Crippen LogP contribution in [0.3, 0.4) is 0 Å². The number of carbonyl (C=O) groups excluding carboxylic acids is 3. The minimum atomic E-state index is -0.680. The molecular formula is C26H31NO6S. The van der Waals surface area contributed by atoms with Crippen molar-refractivity contribution < 1.29 is 28.6 Å². The zero-order chi connectivity index (χ0) is 25.1. The summed E-state index contributed by atoms with van der Waals surface area (Å²) in [6.45, 7) is 5.80. The number of hydrogen-bond acceptors (Lipinski definition) is 7. The highest BCUT2D eigenvalue weighted by Crippen LogP contribution is 2.28. The molecule has 0 bridgehead atoms. The van der Waals surface area contributed by atoms with Crippen molar-refractivity contribution >= 4 is 29.5 Å². The maximum atomic E-state index is 13.5. The number of thioether (sulfide) groups is 1. The molecule has 0 N–H and O–H groups in total. The van der Waals surface area contributed by atoms with Crippen molar-refractivity contribution in [3.63, 3.8) is 0 Å². The van der Waals surface area contributed by atoms with E-state index in [0.29, 0.717) is 29.2 Å². The van der Waals surface area contributed by atoms with Crippen LogP contribution >= 0.6 is 11.8 Å². The molecule has 0 saturated carbocycles. The molecule has 7 nitrogen and oxygen atoms in total. The lowest BCUT2D eigenvalue weighted by Gasteiger charge is -2.23. The number of nitrogens with zero attached hydrogens (tertiary/aromatic N) is 1. The molecule has 2 aromatic rings. The molecule has 34 heavy (non-hydrogen) atoms. The Bertz CT molecular complexity index is 1040. The first-order valence-corrected chi connectivity index (χ1v) is 12.0. The summed E-state index contributed by atoms with van der Waals surface area (Å²) in [5, 5.41) is 0. The van der Waals surface area contributed by atoms with Crippen LogP contribution < -0.4 is 9.47 Å². The van der Waals surface area contributed by atoms with E-state index in [4.69, 9.17) is 9.47 Å². The van der Waals surface area contributed by atoms with E-state index in [0.717, 1.165) is 16.9 Å². The van der Waals surface area contributed by atoms with Crippen molar-refractivity contribution in [3.05, 3.63) is 71.3 Å².